The number of amides is 2. The first-order valence-corrected chi connectivity index (χ1v) is 12.3. The Bertz CT molecular complexity index is 1130. The zero-order valence-corrected chi connectivity index (χ0v) is 19.7. The molecule has 34 heavy (non-hydrogen) atoms. The summed E-state index contributed by atoms with van der Waals surface area (Å²) in [5, 5.41) is 3.33. The van der Waals surface area contributed by atoms with Gasteiger partial charge in [-0.3, -0.25) is 14.6 Å². The van der Waals surface area contributed by atoms with Crippen LogP contribution in [0.15, 0.2) is 59.5 Å². The van der Waals surface area contributed by atoms with E-state index in [0.717, 1.165) is 36.9 Å². The second kappa shape index (κ2) is 9.49. The number of fused-ring (bicyclic) bond motifs is 1. The Labute approximate surface area is 200 Å². The van der Waals surface area contributed by atoms with Gasteiger partial charge in [-0.05, 0) is 55.7 Å². The summed E-state index contributed by atoms with van der Waals surface area (Å²) in [6, 6.07) is 11.4. The van der Waals surface area contributed by atoms with Crippen LogP contribution in [0.4, 0.5) is 0 Å². The van der Waals surface area contributed by atoms with Crippen LogP contribution < -0.4 is 5.32 Å². The normalized spacial score (nSPS) is 21.6. The third-order valence-corrected chi connectivity index (χ3v) is 7.27. The number of nitrogens with one attached hydrogen (secondary N) is 1. The van der Waals surface area contributed by atoms with Crippen molar-refractivity contribution in [2.45, 2.75) is 76.5 Å². The van der Waals surface area contributed by atoms with Crippen molar-refractivity contribution in [3.05, 3.63) is 66.3 Å². The Morgan fingerprint density at radius 2 is 1.85 bits per heavy atom. The molecule has 3 aromatic rings. The van der Waals surface area contributed by atoms with Gasteiger partial charge in [0.2, 0.25) is 5.91 Å². The summed E-state index contributed by atoms with van der Waals surface area (Å²) in [5.74, 6) is 0.422. The highest BCUT2D eigenvalue weighted by molar-refractivity contribution is 6.00. The van der Waals surface area contributed by atoms with Gasteiger partial charge in [-0.15, -0.1) is 0 Å². The second-order valence-corrected chi connectivity index (χ2v) is 9.71. The third-order valence-electron chi connectivity index (χ3n) is 7.27. The molecular formula is C27H32N4O3. The quantitative estimate of drug-likeness (QED) is 0.594. The van der Waals surface area contributed by atoms with Gasteiger partial charge in [0, 0.05) is 25.0 Å². The fourth-order valence-corrected chi connectivity index (χ4v) is 5.28. The Morgan fingerprint density at radius 3 is 2.56 bits per heavy atom. The number of hydrogen-bond donors (Lipinski definition) is 1. The summed E-state index contributed by atoms with van der Waals surface area (Å²) in [6.07, 6.45) is 13.0. The van der Waals surface area contributed by atoms with E-state index in [2.05, 4.69) is 10.3 Å². The molecule has 0 bridgehead atoms. The van der Waals surface area contributed by atoms with Gasteiger partial charge in [0.05, 0.1) is 18.5 Å². The van der Waals surface area contributed by atoms with Crippen molar-refractivity contribution in [2.24, 2.45) is 0 Å². The average molecular weight is 461 g/mol. The molecule has 7 heteroatoms. The van der Waals surface area contributed by atoms with Crippen molar-refractivity contribution in [1.29, 1.82) is 0 Å². The molecule has 1 saturated carbocycles. The van der Waals surface area contributed by atoms with E-state index < -0.39 is 5.54 Å². The number of rotatable bonds is 5. The van der Waals surface area contributed by atoms with Crippen molar-refractivity contribution in [3.8, 4) is 11.5 Å². The minimum atomic E-state index is -1.05. The van der Waals surface area contributed by atoms with Crippen LogP contribution in [0.5, 0.6) is 0 Å². The van der Waals surface area contributed by atoms with Crippen molar-refractivity contribution < 1.29 is 14.0 Å². The van der Waals surface area contributed by atoms with Gasteiger partial charge in [0.25, 0.3) is 5.91 Å². The van der Waals surface area contributed by atoms with Crippen molar-refractivity contribution in [3.63, 3.8) is 0 Å². The maximum atomic E-state index is 13.9. The van der Waals surface area contributed by atoms with E-state index in [4.69, 9.17) is 4.42 Å². The highest BCUT2D eigenvalue weighted by Crippen LogP contribution is 2.34. The van der Waals surface area contributed by atoms with E-state index >= 15 is 0 Å². The Kier molecular flexibility index (Phi) is 6.26. The predicted octanol–water partition coefficient (Wildman–Crippen LogP) is 4.79. The number of hydrogen-bond acceptors (Lipinski definition) is 4. The molecular weight excluding hydrogens is 428 g/mol. The minimum absolute atomic E-state index is 0.0972. The standard InChI is InChI=1S/C27H32N4O3/c1-27(26(33)29-21-10-5-3-2-4-6-11-21)19-30-22(24-12-8-16-34-24)13-14-23(30)25(32)31(27)18-20-9-7-15-28-17-20/h7-9,12-17,21H,2-6,10-11,18-19H2,1H3,(H,29,33)/t27-/m0/s1. The van der Waals surface area contributed by atoms with Crippen LogP contribution in [0.3, 0.4) is 0 Å². The molecule has 0 aromatic carbocycles. The topological polar surface area (TPSA) is 80.4 Å². The Balaban J connectivity index is 1.49. The zero-order valence-electron chi connectivity index (χ0n) is 19.7. The lowest BCUT2D eigenvalue weighted by molar-refractivity contribution is -0.134. The molecule has 1 aliphatic carbocycles. The molecule has 1 N–H and O–H groups in total. The molecule has 2 amide bonds. The number of carbonyl (C=O) groups excluding carboxylic acids is 2. The molecule has 3 aromatic heterocycles. The monoisotopic (exact) mass is 460 g/mol. The maximum Gasteiger partial charge on any atom is 0.271 e. The fraction of sp³-hybridized carbons (Fsp3) is 0.444. The van der Waals surface area contributed by atoms with Crippen LogP contribution >= 0.6 is 0 Å². The van der Waals surface area contributed by atoms with E-state index in [1.807, 2.05) is 47.9 Å². The maximum absolute atomic E-state index is 13.9. The van der Waals surface area contributed by atoms with Gasteiger partial charge in [-0.2, -0.15) is 0 Å². The van der Waals surface area contributed by atoms with Gasteiger partial charge in [-0.25, -0.2) is 0 Å². The molecule has 1 aliphatic heterocycles. The molecule has 178 valence electrons. The predicted molar refractivity (Wildman–Crippen MR) is 129 cm³/mol. The van der Waals surface area contributed by atoms with Crippen molar-refractivity contribution in [1.82, 2.24) is 19.8 Å². The highest BCUT2D eigenvalue weighted by atomic mass is 16.3. The summed E-state index contributed by atoms with van der Waals surface area (Å²) in [4.78, 5) is 33.6. The Hall–Kier alpha value is -3.35. The molecule has 2 aliphatic rings. The highest BCUT2D eigenvalue weighted by Gasteiger charge is 2.48. The molecule has 0 unspecified atom stereocenters. The third kappa shape index (κ3) is 4.27. The average Bonchev–Trinajstić information content (AvgIpc) is 3.49. The van der Waals surface area contributed by atoms with Gasteiger partial charge >= 0.3 is 0 Å². The number of aromatic nitrogens is 2. The second-order valence-electron chi connectivity index (χ2n) is 9.71. The number of nitrogens with zero attached hydrogens (tertiary/aromatic N) is 3. The van der Waals surface area contributed by atoms with E-state index in [9.17, 15) is 9.59 Å². The van der Waals surface area contributed by atoms with E-state index in [1.54, 1.807) is 23.6 Å². The first kappa shape index (κ1) is 22.4. The Morgan fingerprint density at radius 1 is 1.09 bits per heavy atom. The van der Waals surface area contributed by atoms with Gasteiger partial charge in [0.15, 0.2) is 0 Å². The fourth-order valence-electron chi connectivity index (χ4n) is 5.28. The lowest BCUT2D eigenvalue weighted by Crippen LogP contribution is -2.64. The molecule has 0 spiro atoms. The first-order valence-electron chi connectivity index (χ1n) is 12.3. The van der Waals surface area contributed by atoms with Gasteiger partial charge < -0.3 is 19.2 Å². The molecule has 7 nitrogen and oxygen atoms in total. The van der Waals surface area contributed by atoms with E-state index in [-0.39, 0.29) is 17.9 Å². The van der Waals surface area contributed by atoms with Crippen molar-refractivity contribution >= 4 is 11.8 Å². The van der Waals surface area contributed by atoms with Crippen LogP contribution in [-0.2, 0) is 17.9 Å². The minimum Gasteiger partial charge on any atom is -0.463 e. The summed E-state index contributed by atoms with van der Waals surface area (Å²) >= 11 is 0. The molecule has 0 saturated heterocycles. The van der Waals surface area contributed by atoms with E-state index in [1.165, 1.54) is 19.3 Å². The molecule has 4 heterocycles. The van der Waals surface area contributed by atoms with Crippen LogP contribution in [0, 0.1) is 0 Å². The largest absolute Gasteiger partial charge is 0.463 e. The van der Waals surface area contributed by atoms with Crippen molar-refractivity contribution in [2.75, 3.05) is 0 Å². The summed E-state index contributed by atoms with van der Waals surface area (Å²) < 4.78 is 7.55. The molecule has 5 rings (SSSR count). The molecule has 0 radical (unpaired) electrons. The zero-order chi connectivity index (χ0) is 23.5. The lowest BCUT2D eigenvalue weighted by atomic mass is 9.91. The number of furan rings is 1. The van der Waals surface area contributed by atoms with Crippen LogP contribution in [0.25, 0.3) is 11.5 Å². The summed E-state index contributed by atoms with van der Waals surface area (Å²) in [6.45, 7) is 2.56. The van der Waals surface area contributed by atoms with Crippen LogP contribution in [0.1, 0.15) is 67.9 Å². The SMILES string of the molecule is C[C@@]1(C(=O)NC2CCCCCCC2)Cn2c(ccc2-c2ccco2)C(=O)N1Cc1cccnc1. The number of carbonyl (C=O) groups is 2. The van der Waals surface area contributed by atoms with Crippen LogP contribution in [0.2, 0.25) is 0 Å². The first-order chi connectivity index (χ1) is 16.6. The lowest BCUT2D eigenvalue weighted by Gasteiger charge is -2.45. The molecule has 1 fully saturated rings. The van der Waals surface area contributed by atoms with Crippen LogP contribution in [-0.4, -0.2) is 37.8 Å². The smallest absolute Gasteiger partial charge is 0.271 e. The summed E-state index contributed by atoms with van der Waals surface area (Å²) in [5.41, 5.74) is 1.21. The molecule has 1 atom stereocenters. The number of pyridine rings is 1. The van der Waals surface area contributed by atoms with Gasteiger partial charge in [-0.1, -0.05) is 38.2 Å². The summed E-state index contributed by atoms with van der Waals surface area (Å²) in [7, 11) is 0. The van der Waals surface area contributed by atoms with E-state index in [0.29, 0.717) is 24.5 Å². The van der Waals surface area contributed by atoms with Gasteiger partial charge in [0.1, 0.15) is 17.0 Å².